The maximum Gasteiger partial charge on any atom is 0.252 e. The summed E-state index contributed by atoms with van der Waals surface area (Å²) in [7, 11) is 0. The number of fused-ring (bicyclic) bond motifs is 1. The lowest BCUT2D eigenvalue weighted by Crippen LogP contribution is -2.23. The number of carbonyl (C=O) groups excluding carboxylic acids is 1. The normalized spacial score (nSPS) is 10.8. The van der Waals surface area contributed by atoms with Gasteiger partial charge in [-0.15, -0.1) is 0 Å². The number of amides is 1. The van der Waals surface area contributed by atoms with E-state index in [4.69, 9.17) is 4.42 Å². The fraction of sp³-hybridized carbons (Fsp3) is 0.118. The molecule has 0 spiro atoms. The second kappa shape index (κ2) is 5.89. The van der Waals surface area contributed by atoms with E-state index in [1.165, 1.54) is 0 Å². The lowest BCUT2D eigenvalue weighted by atomic mass is 10.1. The number of hydrogen-bond donors (Lipinski definition) is 1. The Balaban J connectivity index is 1.74. The Bertz CT molecular complexity index is 807. The maximum absolute atomic E-state index is 12.3. The number of nitrogens with one attached hydrogen (secondary N) is 1. The zero-order chi connectivity index (χ0) is 14.8. The summed E-state index contributed by atoms with van der Waals surface area (Å²) in [6, 6.07) is 13.6. The van der Waals surface area contributed by atoms with Crippen LogP contribution in [0.25, 0.3) is 11.0 Å². The first-order valence-electron chi connectivity index (χ1n) is 6.64. The van der Waals surface area contributed by atoms with E-state index in [9.17, 15) is 4.79 Å². The van der Waals surface area contributed by atoms with Crippen LogP contribution in [0.4, 0.5) is 0 Å². The largest absolute Gasteiger partial charge is 0.464 e. The van der Waals surface area contributed by atoms with E-state index in [0.29, 0.717) is 6.54 Å². The lowest BCUT2D eigenvalue weighted by molar-refractivity contribution is 0.0950. The molecule has 0 saturated heterocycles. The maximum atomic E-state index is 12.3. The van der Waals surface area contributed by atoms with Crippen LogP contribution in [0.2, 0.25) is 0 Å². The minimum absolute atomic E-state index is 0.0531. The molecule has 1 amide bonds. The van der Waals surface area contributed by atoms with E-state index in [1.807, 2.05) is 49.4 Å². The number of carbonyl (C=O) groups is 1. The van der Waals surface area contributed by atoms with Crippen LogP contribution in [0.3, 0.4) is 0 Å². The molecule has 1 N–H and O–H groups in total. The van der Waals surface area contributed by atoms with Crippen molar-refractivity contribution in [3.05, 3.63) is 69.0 Å². The van der Waals surface area contributed by atoms with Crippen molar-refractivity contribution in [3.8, 4) is 0 Å². The molecule has 2 aromatic carbocycles. The third-order valence-electron chi connectivity index (χ3n) is 3.41. The number of hydrogen-bond acceptors (Lipinski definition) is 2. The number of furan rings is 1. The molecule has 0 aliphatic heterocycles. The van der Waals surface area contributed by atoms with Crippen molar-refractivity contribution in [1.29, 1.82) is 0 Å². The Morgan fingerprint density at radius 2 is 2.10 bits per heavy atom. The average Bonchev–Trinajstić information content (AvgIpc) is 2.95. The molecule has 0 fully saturated rings. The minimum atomic E-state index is -0.0531. The van der Waals surface area contributed by atoms with Gasteiger partial charge in [0.15, 0.2) is 0 Å². The summed E-state index contributed by atoms with van der Waals surface area (Å²) in [5.41, 5.74) is 3.69. The molecule has 1 heterocycles. The number of benzene rings is 2. The molecule has 3 nitrogen and oxygen atoms in total. The van der Waals surface area contributed by atoms with Crippen LogP contribution in [0.5, 0.6) is 0 Å². The summed E-state index contributed by atoms with van der Waals surface area (Å²) >= 11 is 2.21. The van der Waals surface area contributed by atoms with Crippen LogP contribution in [-0.4, -0.2) is 5.91 Å². The molecule has 0 aliphatic rings. The van der Waals surface area contributed by atoms with Crippen LogP contribution < -0.4 is 5.32 Å². The Labute approximate surface area is 136 Å². The SMILES string of the molecule is Cc1cccc(C(=O)NCc2ccc3ccoc3c2)c1I. The van der Waals surface area contributed by atoms with E-state index in [0.717, 1.165) is 31.2 Å². The van der Waals surface area contributed by atoms with Gasteiger partial charge in [-0.3, -0.25) is 4.79 Å². The van der Waals surface area contributed by atoms with Gasteiger partial charge in [0.25, 0.3) is 5.91 Å². The molecule has 3 rings (SSSR count). The second-order valence-electron chi connectivity index (χ2n) is 4.91. The van der Waals surface area contributed by atoms with Gasteiger partial charge in [0.2, 0.25) is 0 Å². The topological polar surface area (TPSA) is 42.2 Å². The van der Waals surface area contributed by atoms with Crippen molar-refractivity contribution in [2.45, 2.75) is 13.5 Å². The van der Waals surface area contributed by atoms with Crippen molar-refractivity contribution in [1.82, 2.24) is 5.32 Å². The van der Waals surface area contributed by atoms with Gasteiger partial charge in [-0.05, 0) is 58.8 Å². The summed E-state index contributed by atoms with van der Waals surface area (Å²) in [5, 5.41) is 4.02. The molecule has 0 unspecified atom stereocenters. The highest BCUT2D eigenvalue weighted by Crippen LogP contribution is 2.18. The Kier molecular flexibility index (Phi) is 3.96. The lowest BCUT2D eigenvalue weighted by Gasteiger charge is -2.08. The van der Waals surface area contributed by atoms with E-state index >= 15 is 0 Å². The standard InChI is InChI=1S/C17H14INO2/c1-11-3-2-4-14(16(11)18)17(20)19-10-12-5-6-13-7-8-21-15(13)9-12/h2-9H,10H2,1H3,(H,19,20). The molecule has 21 heavy (non-hydrogen) atoms. The molecular weight excluding hydrogens is 377 g/mol. The monoisotopic (exact) mass is 391 g/mol. The van der Waals surface area contributed by atoms with E-state index < -0.39 is 0 Å². The predicted molar refractivity (Wildman–Crippen MR) is 91.3 cm³/mol. The molecule has 106 valence electrons. The first kappa shape index (κ1) is 14.1. The van der Waals surface area contributed by atoms with Crippen molar-refractivity contribution in [2.24, 2.45) is 0 Å². The zero-order valence-electron chi connectivity index (χ0n) is 11.5. The number of halogens is 1. The Morgan fingerprint density at radius 1 is 1.24 bits per heavy atom. The molecule has 4 heteroatoms. The molecule has 0 aliphatic carbocycles. The molecule has 3 aromatic rings. The smallest absolute Gasteiger partial charge is 0.252 e. The van der Waals surface area contributed by atoms with Crippen LogP contribution >= 0.6 is 22.6 Å². The number of rotatable bonds is 3. The molecular formula is C17H14INO2. The highest BCUT2D eigenvalue weighted by molar-refractivity contribution is 14.1. The van der Waals surface area contributed by atoms with Crippen LogP contribution in [0.1, 0.15) is 21.5 Å². The summed E-state index contributed by atoms with van der Waals surface area (Å²) in [6.07, 6.45) is 1.67. The van der Waals surface area contributed by atoms with Gasteiger partial charge in [-0.1, -0.05) is 24.3 Å². The van der Waals surface area contributed by atoms with Crippen molar-refractivity contribution < 1.29 is 9.21 Å². The first-order valence-corrected chi connectivity index (χ1v) is 7.72. The molecule has 0 saturated carbocycles. The minimum Gasteiger partial charge on any atom is -0.464 e. The summed E-state index contributed by atoms with van der Waals surface area (Å²) in [6.45, 7) is 2.49. The van der Waals surface area contributed by atoms with Crippen molar-refractivity contribution in [2.75, 3.05) is 0 Å². The predicted octanol–water partition coefficient (Wildman–Crippen LogP) is 4.28. The highest BCUT2D eigenvalue weighted by atomic mass is 127. The van der Waals surface area contributed by atoms with Crippen molar-refractivity contribution >= 4 is 39.5 Å². The van der Waals surface area contributed by atoms with E-state index in [1.54, 1.807) is 6.26 Å². The van der Waals surface area contributed by atoms with Gasteiger partial charge < -0.3 is 9.73 Å². The Hall–Kier alpha value is -1.82. The van der Waals surface area contributed by atoms with Crippen LogP contribution in [0.15, 0.2) is 53.1 Å². The quantitative estimate of drug-likeness (QED) is 0.678. The summed E-state index contributed by atoms with van der Waals surface area (Å²) in [4.78, 5) is 12.3. The van der Waals surface area contributed by atoms with Gasteiger partial charge in [-0.2, -0.15) is 0 Å². The van der Waals surface area contributed by atoms with Gasteiger partial charge in [0.1, 0.15) is 5.58 Å². The van der Waals surface area contributed by atoms with Gasteiger partial charge in [0, 0.05) is 15.5 Å². The zero-order valence-corrected chi connectivity index (χ0v) is 13.7. The molecule has 1 aromatic heterocycles. The van der Waals surface area contributed by atoms with E-state index in [2.05, 4.69) is 27.9 Å². The number of aryl methyl sites for hydroxylation is 1. The molecule has 0 bridgehead atoms. The van der Waals surface area contributed by atoms with Crippen molar-refractivity contribution in [3.63, 3.8) is 0 Å². The third kappa shape index (κ3) is 2.95. The van der Waals surface area contributed by atoms with Gasteiger partial charge in [0.05, 0.1) is 11.8 Å². The molecule has 0 radical (unpaired) electrons. The third-order valence-corrected chi connectivity index (χ3v) is 4.84. The highest BCUT2D eigenvalue weighted by Gasteiger charge is 2.11. The second-order valence-corrected chi connectivity index (χ2v) is 5.99. The summed E-state index contributed by atoms with van der Waals surface area (Å²) in [5.74, 6) is -0.0531. The van der Waals surface area contributed by atoms with Gasteiger partial charge in [-0.25, -0.2) is 0 Å². The van der Waals surface area contributed by atoms with E-state index in [-0.39, 0.29) is 5.91 Å². The summed E-state index contributed by atoms with van der Waals surface area (Å²) < 4.78 is 6.37. The fourth-order valence-electron chi connectivity index (χ4n) is 2.21. The fourth-order valence-corrected chi connectivity index (χ4v) is 2.81. The molecule has 0 atom stereocenters. The average molecular weight is 391 g/mol. The van der Waals surface area contributed by atoms with Crippen LogP contribution in [0, 0.1) is 10.5 Å². The van der Waals surface area contributed by atoms with Gasteiger partial charge >= 0.3 is 0 Å². The van der Waals surface area contributed by atoms with Crippen LogP contribution in [-0.2, 0) is 6.54 Å². The Morgan fingerprint density at radius 3 is 2.95 bits per heavy atom. The first-order chi connectivity index (χ1) is 10.1.